The van der Waals surface area contributed by atoms with Gasteiger partial charge in [-0.1, -0.05) is 31.7 Å². The van der Waals surface area contributed by atoms with Crippen LogP contribution in [-0.2, 0) is 6.54 Å². The number of hydrogen-bond acceptors (Lipinski definition) is 7. The SMILES string of the molecule is CC1CC(C)CN(c2nnc(SCCOc3cccc(C#N)c3)n2Cc2ccco2)C1. The van der Waals surface area contributed by atoms with E-state index < -0.39 is 0 Å². The summed E-state index contributed by atoms with van der Waals surface area (Å²) in [5.74, 6) is 4.47. The lowest BCUT2D eigenvalue weighted by Gasteiger charge is -2.35. The minimum atomic E-state index is 0.514. The quantitative estimate of drug-likeness (QED) is 0.380. The van der Waals surface area contributed by atoms with Crippen LogP contribution in [-0.4, -0.2) is 40.2 Å². The normalized spacial score (nSPS) is 18.7. The van der Waals surface area contributed by atoms with Crippen LogP contribution in [0, 0.1) is 23.2 Å². The van der Waals surface area contributed by atoms with Crippen molar-refractivity contribution in [3.63, 3.8) is 0 Å². The van der Waals surface area contributed by atoms with Crippen LogP contribution in [0.3, 0.4) is 0 Å². The zero-order valence-corrected chi connectivity index (χ0v) is 18.7. The molecule has 0 spiro atoms. The second-order valence-corrected chi connectivity index (χ2v) is 9.20. The van der Waals surface area contributed by atoms with Crippen LogP contribution >= 0.6 is 11.8 Å². The van der Waals surface area contributed by atoms with E-state index in [0.717, 1.165) is 35.7 Å². The van der Waals surface area contributed by atoms with Crippen LogP contribution in [0.4, 0.5) is 5.95 Å². The van der Waals surface area contributed by atoms with E-state index in [1.807, 2.05) is 24.3 Å². The van der Waals surface area contributed by atoms with E-state index in [9.17, 15) is 0 Å². The summed E-state index contributed by atoms with van der Waals surface area (Å²) in [6, 6.07) is 13.2. The van der Waals surface area contributed by atoms with Gasteiger partial charge in [-0.05, 0) is 48.6 Å². The molecule has 1 fully saturated rings. The van der Waals surface area contributed by atoms with Crippen molar-refractivity contribution in [2.24, 2.45) is 11.8 Å². The van der Waals surface area contributed by atoms with Gasteiger partial charge in [0.05, 0.1) is 31.0 Å². The Hall–Kier alpha value is -2.92. The van der Waals surface area contributed by atoms with E-state index in [-0.39, 0.29) is 0 Å². The molecule has 0 N–H and O–H groups in total. The van der Waals surface area contributed by atoms with Gasteiger partial charge in [-0.3, -0.25) is 4.57 Å². The van der Waals surface area contributed by atoms with E-state index in [0.29, 0.717) is 36.3 Å². The summed E-state index contributed by atoms with van der Waals surface area (Å²) < 4.78 is 13.5. The van der Waals surface area contributed by atoms with Gasteiger partial charge in [0, 0.05) is 18.8 Å². The monoisotopic (exact) mass is 437 g/mol. The molecule has 31 heavy (non-hydrogen) atoms. The number of anilines is 1. The zero-order chi connectivity index (χ0) is 21.6. The highest BCUT2D eigenvalue weighted by molar-refractivity contribution is 7.99. The fraction of sp³-hybridized carbons (Fsp3) is 0.435. The van der Waals surface area contributed by atoms with E-state index in [1.54, 1.807) is 30.2 Å². The maximum atomic E-state index is 9.02. The fourth-order valence-corrected chi connectivity index (χ4v) is 4.84. The number of nitrogens with zero attached hydrogens (tertiary/aromatic N) is 5. The molecule has 4 rings (SSSR count). The van der Waals surface area contributed by atoms with Gasteiger partial charge in [0.25, 0.3) is 0 Å². The summed E-state index contributed by atoms with van der Waals surface area (Å²) in [5.41, 5.74) is 0.595. The van der Waals surface area contributed by atoms with Gasteiger partial charge in [-0.15, -0.1) is 10.2 Å². The summed E-state index contributed by atoms with van der Waals surface area (Å²) >= 11 is 1.62. The topological polar surface area (TPSA) is 80.1 Å². The number of furan rings is 1. The highest BCUT2D eigenvalue weighted by Crippen LogP contribution is 2.29. The van der Waals surface area contributed by atoms with Crippen molar-refractivity contribution < 1.29 is 9.15 Å². The number of thioether (sulfide) groups is 1. The molecule has 1 aliphatic rings. The standard InChI is InChI=1S/C23H27N5O2S/c1-17-11-18(2)15-27(14-17)22-25-26-23(28(22)16-21-7-4-8-29-21)31-10-9-30-20-6-3-5-19(12-20)13-24/h3-8,12,17-18H,9-11,14-16H2,1-2H3. The second kappa shape index (κ2) is 9.92. The van der Waals surface area contributed by atoms with E-state index in [1.165, 1.54) is 6.42 Å². The number of aromatic nitrogens is 3. The van der Waals surface area contributed by atoms with E-state index in [2.05, 4.69) is 39.6 Å². The fourth-order valence-electron chi connectivity index (χ4n) is 4.09. The minimum Gasteiger partial charge on any atom is -0.493 e. The molecule has 0 bridgehead atoms. The summed E-state index contributed by atoms with van der Waals surface area (Å²) in [6.07, 6.45) is 2.94. The molecule has 7 nitrogen and oxygen atoms in total. The zero-order valence-electron chi connectivity index (χ0n) is 17.9. The maximum absolute atomic E-state index is 9.02. The Morgan fingerprint density at radius 3 is 2.77 bits per heavy atom. The Bertz CT molecular complexity index is 1020. The van der Waals surface area contributed by atoms with E-state index in [4.69, 9.17) is 14.4 Å². The first-order valence-electron chi connectivity index (χ1n) is 10.6. The Labute approximate surface area is 187 Å². The third-order valence-corrected chi connectivity index (χ3v) is 6.22. The summed E-state index contributed by atoms with van der Waals surface area (Å²) in [6.45, 7) is 7.68. The summed E-state index contributed by atoms with van der Waals surface area (Å²) in [5, 5.41) is 18.9. The first-order valence-corrected chi connectivity index (χ1v) is 11.6. The Balaban J connectivity index is 1.45. The van der Waals surface area contributed by atoms with Crippen LogP contribution in [0.25, 0.3) is 0 Å². The van der Waals surface area contributed by atoms with Crippen molar-refractivity contribution >= 4 is 17.7 Å². The lowest BCUT2D eigenvalue weighted by molar-refractivity contribution is 0.343. The highest BCUT2D eigenvalue weighted by atomic mass is 32.2. The van der Waals surface area contributed by atoms with Crippen molar-refractivity contribution in [2.45, 2.75) is 32.0 Å². The minimum absolute atomic E-state index is 0.514. The number of piperidine rings is 1. The molecule has 0 amide bonds. The first-order chi connectivity index (χ1) is 15.1. The predicted octanol–water partition coefficient (Wildman–Crippen LogP) is 4.44. The molecule has 3 aromatic rings. The van der Waals surface area contributed by atoms with Gasteiger partial charge in [0.15, 0.2) is 5.16 Å². The molecule has 0 radical (unpaired) electrons. The summed E-state index contributed by atoms with van der Waals surface area (Å²) in [7, 11) is 0. The van der Waals surface area contributed by atoms with Crippen LogP contribution < -0.4 is 9.64 Å². The smallest absolute Gasteiger partial charge is 0.228 e. The average molecular weight is 438 g/mol. The molecule has 0 aliphatic carbocycles. The number of rotatable bonds is 8. The van der Waals surface area contributed by atoms with Crippen molar-refractivity contribution in [2.75, 3.05) is 30.3 Å². The average Bonchev–Trinajstić information content (AvgIpc) is 3.41. The largest absolute Gasteiger partial charge is 0.493 e. The number of nitriles is 1. The number of hydrogen-bond donors (Lipinski definition) is 0. The molecule has 1 aromatic carbocycles. The molecule has 2 aromatic heterocycles. The van der Waals surface area contributed by atoms with E-state index >= 15 is 0 Å². The van der Waals surface area contributed by atoms with Gasteiger partial charge >= 0.3 is 0 Å². The molecule has 2 unspecified atom stereocenters. The Morgan fingerprint density at radius 1 is 1.19 bits per heavy atom. The van der Waals surface area contributed by atoms with Crippen molar-refractivity contribution in [3.05, 3.63) is 54.0 Å². The molecule has 8 heteroatoms. The Kier molecular flexibility index (Phi) is 6.82. The molecule has 2 atom stereocenters. The Morgan fingerprint density at radius 2 is 2.03 bits per heavy atom. The van der Waals surface area contributed by atoms with Crippen LogP contribution in [0.15, 0.2) is 52.2 Å². The van der Waals surface area contributed by atoms with Crippen molar-refractivity contribution in [1.29, 1.82) is 5.26 Å². The van der Waals surface area contributed by atoms with Crippen molar-refractivity contribution in [3.8, 4) is 11.8 Å². The molecule has 1 saturated heterocycles. The van der Waals surface area contributed by atoms with Crippen molar-refractivity contribution in [1.82, 2.24) is 14.8 Å². The third-order valence-electron chi connectivity index (χ3n) is 5.29. The molecule has 162 valence electrons. The van der Waals surface area contributed by atoms with Gasteiger partial charge < -0.3 is 14.1 Å². The number of benzene rings is 1. The van der Waals surface area contributed by atoms with Crippen LogP contribution in [0.1, 0.15) is 31.6 Å². The third kappa shape index (κ3) is 5.42. The summed E-state index contributed by atoms with van der Waals surface area (Å²) in [4.78, 5) is 2.35. The maximum Gasteiger partial charge on any atom is 0.228 e. The van der Waals surface area contributed by atoms with Gasteiger partial charge in [0.1, 0.15) is 11.5 Å². The highest BCUT2D eigenvalue weighted by Gasteiger charge is 2.27. The lowest BCUT2D eigenvalue weighted by Crippen LogP contribution is -2.40. The molecule has 0 saturated carbocycles. The molecule has 3 heterocycles. The van der Waals surface area contributed by atoms with Gasteiger partial charge in [-0.25, -0.2) is 0 Å². The van der Waals surface area contributed by atoms with Crippen LogP contribution in [0.5, 0.6) is 5.75 Å². The molecular weight excluding hydrogens is 410 g/mol. The lowest BCUT2D eigenvalue weighted by atomic mass is 9.92. The first kappa shape index (κ1) is 21.3. The van der Waals surface area contributed by atoms with Crippen LogP contribution in [0.2, 0.25) is 0 Å². The molecular formula is C23H27N5O2S. The molecule has 1 aliphatic heterocycles. The second-order valence-electron chi connectivity index (χ2n) is 8.14. The predicted molar refractivity (Wildman–Crippen MR) is 120 cm³/mol. The van der Waals surface area contributed by atoms with Gasteiger partial charge in [-0.2, -0.15) is 5.26 Å². The van der Waals surface area contributed by atoms with Gasteiger partial charge in [0.2, 0.25) is 5.95 Å². The number of ether oxygens (including phenoxy) is 1.